The molecule has 0 spiro atoms. The molecule has 1 aromatic heterocycles. The molecule has 9 heteroatoms. The van der Waals surface area contributed by atoms with Gasteiger partial charge in [0.2, 0.25) is 5.91 Å². The molecule has 2 aromatic carbocycles. The summed E-state index contributed by atoms with van der Waals surface area (Å²) in [5, 5.41) is 11.0. The van der Waals surface area contributed by atoms with Gasteiger partial charge >= 0.3 is 0 Å². The number of hydrogen-bond donors (Lipinski definition) is 0. The number of carbonyl (C=O) groups excluding carboxylic acids is 2. The number of nitro benzene ring substituents is 1. The predicted octanol–water partition coefficient (Wildman–Crippen LogP) is 4.09. The van der Waals surface area contributed by atoms with Gasteiger partial charge in [-0.05, 0) is 41.6 Å². The number of amides is 2. The first-order valence-corrected chi connectivity index (χ1v) is 9.55. The van der Waals surface area contributed by atoms with Crippen molar-refractivity contribution < 1.29 is 19.2 Å². The number of likely N-dealkylation sites (N-methyl/N-ethyl adjacent to an activating group) is 1. The zero-order valence-corrected chi connectivity index (χ0v) is 16.1. The quantitative estimate of drug-likeness (QED) is 0.462. The van der Waals surface area contributed by atoms with Gasteiger partial charge in [0.15, 0.2) is 0 Å². The van der Waals surface area contributed by atoms with Gasteiger partial charge < -0.3 is 4.74 Å². The molecule has 0 radical (unpaired) electrons. The smallest absolute Gasteiger partial charge is 0.289 e. The maximum Gasteiger partial charge on any atom is 0.289 e. The molecule has 1 aliphatic rings. The number of imide groups is 1. The van der Waals surface area contributed by atoms with Crippen LogP contribution in [0.3, 0.4) is 0 Å². The van der Waals surface area contributed by atoms with Gasteiger partial charge in [-0.15, -0.1) is 0 Å². The van der Waals surface area contributed by atoms with E-state index >= 15 is 0 Å². The molecule has 1 unspecified atom stereocenters. The second kappa shape index (κ2) is 7.51. The van der Waals surface area contributed by atoms with Crippen LogP contribution in [0, 0.1) is 10.1 Å². The van der Waals surface area contributed by atoms with Gasteiger partial charge in [0.25, 0.3) is 10.9 Å². The van der Waals surface area contributed by atoms with E-state index in [4.69, 9.17) is 4.74 Å². The normalized spacial score (nSPS) is 16.4. The number of pyridine rings is 1. The number of carbonyl (C=O) groups is 2. The SMILES string of the molecule is CN1C(=O)SC(c2cnc3cc(OCc4ccccc4[N+](=O)[O-])ccc3c2)C1=O. The average molecular weight is 409 g/mol. The summed E-state index contributed by atoms with van der Waals surface area (Å²) in [6.07, 6.45) is 1.58. The summed E-state index contributed by atoms with van der Waals surface area (Å²) in [5.41, 5.74) is 1.81. The van der Waals surface area contributed by atoms with E-state index in [2.05, 4.69) is 4.98 Å². The number of fused-ring (bicyclic) bond motifs is 1. The Hall–Kier alpha value is -3.46. The fourth-order valence-electron chi connectivity index (χ4n) is 3.03. The minimum Gasteiger partial charge on any atom is -0.489 e. The molecule has 0 N–H and O–H groups in total. The first kappa shape index (κ1) is 18.9. The molecule has 4 rings (SSSR count). The lowest BCUT2D eigenvalue weighted by Gasteiger charge is -2.10. The number of rotatable bonds is 5. The van der Waals surface area contributed by atoms with Crippen molar-refractivity contribution in [1.29, 1.82) is 0 Å². The summed E-state index contributed by atoms with van der Waals surface area (Å²) >= 11 is 0.974. The minimum atomic E-state index is -0.584. The van der Waals surface area contributed by atoms with E-state index in [0.717, 1.165) is 22.0 Å². The van der Waals surface area contributed by atoms with Crippen molar-refractivity contribution in [3.63, 3.8) is 0 Å². The molecule has 0 saturated carbocycles. The molecule has 3 aromatic rings. The van der Waals surface area contributed by atoms with Crippen molar-refractivity contribution in [3.8, 4) is 5.75 Å². The van der Waals surface area contributed by atoms with E-state index in [1.54, 1.807) is 42.6 Å². The van der Waals surface area contributed by atoms with Crippen LogP contribution in [0.1, 0.15) is 16.4 Å². The number of para-hydroxylation sites is 1. The topological polar surface area (TPSA) is 103 Å². The number of ether oxygens (including phenoxy) is 1. The van der Waals surface area contributed by atoms with Crippen LogP contribution in [0.5, 0.6) is 5.75 Å². The Morgan fingerprint density at radius 2 is 2.00 bits per heavy atom. The largest absolute Gasteiger partial charge is 0.489 e. The first-order chi connectivity index (χ1) is 13.9. The molecule has 1 saturated heterocycles. The summed E-state index contributed by atoms with van der Waals surface area (Å²) in [4.78, 5) is 40.1. The van der Waals surface area contributed by atoms with Crippen LogP contribution in [-0.4, -0.2) is 33.0 Å². The molecule has 1 fully saturated rings. The Labute approximate surface area is 169 Å². The highest BCUT2D eigenvalue weighted by Gasteiger charge is 2.38. The lowest BCUT2D eigenvalue weighted by molar-refractivity contribution is -0.385. The molecule has 2 heterocycles. The van der Waals surface area contributed by atoms with Crippen molar-refractivity contribution in [2.75, 3.05) is 7.05 Å². The maximum absolute atomic E-state index is 12.2. The Morgan fingerprint density at radius 1 is 1.21 bits per heavy atom. The fraction of sp³-hybridized carbons (Fsp3) is 0.150. The van der Waals surface area contributed by atoms with Crippen molar-refractivity contribution in [2.45, 2.75) is 11.9 Å². The standard InChI is InChI=1S/C20H15N3O5S/c1-22-19(24)18(29-20(22)25)14-8-12-6-7-15(9-16(12)21-10-14)28-11-13-4-2-3-5-17(13)23(26)27/h2-10,18H,11H2,1H3. The lowest BCUT2D eigenvalue weighted by atomic mass is 10.1. The van der Waals surface area contributed by atoms with E-state index in [-0.39, 0.29) is 23.4 Å². The number of nitrogens with zero attached hydrogens (tertiary/aromatic N) is 3. The predicted molar refractivity (Wildman–Crippen MR) is 108 cm³/mol. The third kappa shape index (κ3) is 3.64. The molecule has 146 valence electrons. The number of benzene rings is 2. The zero-order valence-electron chi connectivity index (χ0n) is 15.3. The molecule has 29 heavy (non-hydrogen) atoms. The van der Waals surface area contributed by atoms with E-state index in [9.17, 15) is 19.7 Å². The van der Waals surface area contributed by atoms with Crippen molar-refractivity contribution in [2.24, 2.45) is 0 Å². The fourth-order valence-corrected chi connectivity index (χ4v) is 4.00. The van der Waals surface area contributed by atoms with Gasteiger partial charge in [0.1, 0.15) is 17.6 Å². The Kier molecular flexibility index (Phi) is 4.89. The van der Waals surface area contributed by atoms with E-state index in [1.165, 1.54) is 13.1 Å². The van der Waals surface area contributed by atoms with Gasteiger partial charge in [-0.2, -0.15) is 0 Å². The Balaban J connectivity index is 1.54. The maximum atomic E-state index is 12.2. The highest BCUT2D eigenvalue weighted by Crippen LogP contribution is 2.39. The Bertz CT molecular complexity index is 1150. The van der Waals surface area contributed by atoms with Gasteiger partial charge in [-0.25, -0.2) is 0 Å². The molecule has 0 aliphatic carbocycles. The first-order valence-electron chi connectivity index (χ1n) is 8.67. The molecular weight excluding hydrogens is 394 g/mol. The summed E-state index contributed by atoms with van der Waals surface area (Å²) in [5.74, 6) is 0.266. The van der Waals surface area contributed by atoms with Crippen LogP contribution in [0.15, 0.2) is 54.7 Å². The number of thioether (sulfide) groups is 1. The molecule has 1 aliphatic heterocycles. The lowest BCUT2D eigenvalue weighted by Crippen LogP contribution is -2.24. The summed E-state index contributed by atoms with van der Waals surface area (Å²) < 4.78 is 5.71. The van der Waals surface area contributed by atoms with E-state index in [1.807, 2.05) is 6.07 Å². The van der Waals surface area contributed by atoms with Crippen LogP contribution < -0.4 is 4.74 Å². The van der Waals surface area contributed by atoms with Gasteiger partial charge in [-0.1, -0.05) is 12.1 Å². The highest BCUT2D eigenvalue weighted by atomic mass is 32.2. The number of hydrogen-bond acceptors (Lipinski definition) is 7. The van der Waals surface area contributed by atoms with Crippen LogP contribution in [0.4, 0.5) is 10.5 Å². The second-order valence-electron chi connectivity index (χ2n) is 6.46. The molecule has 1 atom stereocenters. The minimum absolute atomic E-state index is 0.00861. The van der Waals surface area contributed by atoms with Crippen LogP contribution in [0.2, 0.25) is 0 Å². The summed E-state index contributed by atoms with van der Waals surface area (Å²) in [6, 6.07) is 13.5. The number of nitro groups is 1. The summed E-state index contributed by atoms with van der Waals surface area (Å²) in [6.45, 7) is 0.0579. The molecule has 2 amide bonds. The van der Waals surface area contributed by atoms with E-state index < -0.39 is 10.2 Å². The van der Waals surface area contributed by atoms with E-state index in [0.29, 0.717) is 22.4 Å². The summed E-state index contributed by atoms with van der Waals surface area (Å²) in [7, 11) is 1.47. The van der Waals surface area contributed by atoms with Gasteiger partial charge in [-0.3, -0.25) is 29.6 Å². The van der Waals surface area contributed by atoms with Gasteiger partial charge in [0.05, 0.1) is 16.0 Å². The second-order valence-corrected chi connectivity index (χ2v) is 7.52. The Morgan fingerprint density at radius 3 is 2.72 bits per heavy atom. The van der Waals surface area contributed by atoms with Crippen LogP contribution >= 0.6 is 11.8 Å². The van der Waals surface area contributed by atoms with Crippen molar-refractivity contribution in [1.82, 2.24) is 9.88 Å². The highest BCUT2D eigenvalue weighted by molar-refractivity contribution is 8.14. The van der Waals surface area contributed by atoms with Crippen LogP contribution in [0.25, 0.3) is 10.9 Å². The third-order valence-electron chi connectivity index (χ3n) is 4.61. The molecular formula is C20H15N3O5S. The van der Waals surface area contributed by atoms with Crippen molar-refractivity contribution >= 4 is 39.5 Å². The van der Waals surface area contributed by atoms with Gasteiger partial charge in [0, 0.05) is 30.8 Å². The monoisotopic (exact) mass is 409 g/mol. The zero-order chi connectivity index (χ0) is 20.5. The van der Waals surface area contributed by atoms with Crippen LogP contribution in [-0.2, 0) is 11.4 Å². The number of aromatic nitrogens is 1. The third-order valence-corrected chi connectivity index (χ3v) is 5.79. The average Bonchev–Trinajstić information content (AvgIpc) is 2.99. The molecule has 8 nitrogen and oxygen atoms in total. The van der Waals surface area contributed by atoms with Crippen molar-refractivity contribution in [3.05, 3.63) is 76.0 Å². The molecule has 0 bridgehead atoms.